The second-order valence-corrected chi connectivity index (χ2v) is 9.59. The molecule has 1 heterocycles. The third-order valence-electron chi connectivity index (χ3n) is 4.46. The first-order valence-corrected chi connectivity index (χ1v) is 9.14. The van der Waals surface area contributed by atoms with E-state index in [2.05, 4.69) is 32.8 Å². The minimum atomic E-state index is -0.109. The average molecular weight is 268 g/mol. The lowest BCUT2D eigenvalue weighted by Crippen LogP contribution is -2.25. The highest BCUT2D eigenvalue weighted by Crippen LogP contribution is 2.43. The van der Waals surface area contributed by atoms with Crippen molar-refractivity contribution >= 4 is 13.9 Å². The second kappa shape index (κ2) is 6.37. The number of nitrogens with one attached hydrogen (secondary N) is 1. The van der Waals surface area contributed by atoms with Crippen molar-refractivity contribution in [1.29, 1.82) is 0 Å². The summed E-state index contributed by atoms with van der Waals surface area (Å²) in [5.74, 6) is 3.18. The summed E-state index contributed by atoms with van der Waals surface area (Å²) < 4.78 is 0. The van der Waals surface area contributed by atoms with E-state index in [0.29, 0.717) is 0 Å². The number of nitrogens with zero attached hydrogens (tertiary/aromatic N) is 1. The van der Waals surface area contributed by atoms with Crippen molar-refractivity contribution in [3.05, 3.63) is 0 Å². The zero-order valence-corrected chi connectivity index (χ0v) is 13.3. The minimum absolute atomic E-state index is 0.109. The van der Waals surface area contributed by atoms with Gasteiger partial charge < -0.3 is 5.09 Å². The van der Waals surface area contributed by atoms with E-state index < -0.39 is 0 Å². The fourth-order valence-electron chi connectivity index (χ4n) is 3.46. The van der Waals surface area contributed by atoms with Gasteiger partial charge in [0.25, 0.3) is 0 Å². The molecular formula is C15H29N2P. The van der Waals surface area contributed by atoms with E-state index in [1.165, 1.54) is 37.9 Å². The summed E-state index contributed by atoms with van der Waals surface area (Å²) in [6.07, 6.45) is 6.88. The SMILES string of the molecule is CC(C)P(NC1=NCC2CCCC2CC1)C(C)C. The van der Waals surface area contributed by atoms with E-state index in [1.807, 2.05) is 0 Å². The summed E-state index contributed by atoms with van der Waals surface area (Å²) in [7, 11) is -0.109. The van der Waals surface area contributed by atoms with Crippen LogP contribution >= 0.6 is 8.07 Å². The molecule has 2 nitrogen and oxygen atoms in total. The van der Waals surface area contributed by atoms with Crippen molar-refractivity contribution in [2.75, 3.05) is 6.54 Å². The van der Waals surface area contributed by atoms with Gasteiger partial charge in [0.15, 0.2) is 0 Å². The van der Waals surface area contributed by atoms with Crippen LogP contribution in [0.5, 0.6) is 0 Å². The van der Waals surface area contributed by atoms with Crippen molar-refractivity contribution in [2.24, 2.45) is 16.8 Å². The molecular weight excluding hydrogens is 239 g/mol. The lowest BCUT2D eigenvalue weighted by atomic mass is 9.93. The molecule has 3 heteroatoms. The average Bonchev–Trinajstić information content (AvgIpc) is 2.67. The first kappa shape index (κ1) is 14.3. The van der Waals surface area contributed by atoms with Crippen molar-refractivity contribution in [3.8, 4) is 0 Å². The van der Waals surface area contributed by atoms with Gasteiger partial charge in [-0.05, 0) is 44.1 Å². The molecule has 2 rings (SSSR count). The Morgan fingerprint density at radius 2 is 1.72 bits per heavy atom. The van der Waals surface area contributed by atoms with Crippen molar-refractivity contribution in [1.82, 2.24) is 5.09 Å². The van der Waals surface area contributed by atoms with E-state index in [9.17, 15) is 0 Å². The largest absolute Gasteiger partial charge is 0.352 e. The monoisotopic (exact) mass is 268 g/mol. The lowest BCUT2D eigenvalue weighted by molar-refractivity contribution is 0.388. The molecule has 0 aromatic carbocycles. The normalized spacial score (nSPS) is 28.5. The number of fused-ring (bicyclic) bond motifs is 1. The smallest absolute Gasteiger partial charge is 0.0995 e. The maximum atomic E-state index is 4.89. The lowest BCUT2D eigenvalue weighted by Gasteiger charge is -2.28. The van der Waals surface area contributed by atoms with Crippen LogP contribution in [0.25, 0.3) is 0 Å². The van der Waals surface area contributed by atoms with Crippen molar-refractivity contribution in [3.63, 3.8) is 0 Å². The summed E-state index contributed by atoms with van der Waals surface area (Å²) in [6.45, 7) is 10.4. The van der Waals surface area contributed by atoms with Crippen LogP contribution in [0, 0.1) is 11.8 Å². The van der Waals surface area contributed by atoms with Gasteiger partial charge in [-0.1, -0.05) is 40.5 Å². The molecule has 2 aliphatic rings. The molecule has 104 valence electrons. The fraction of sp³-hybridized carbons (Fsp3) is 0.933. The van der Waals surface area contributed by atoms with Crippen LogP contribution in [0.1, 0.15) is 59.8 Å². The van der Waals surface area contributed by atoms with Gasteiger partial charge in [0.05, 0.1) is 5.84 Å². The van der Waals surface area contributed by atoms with Crippen LogP contribution in [0.4, 0.5) is 0 Å². The summed E-state index contributed by atoms with van der Waals surface area (Å²) in [4.78, 5) is 4.89. The molecule has 1 saturated carbocycles. The molecule has 1 fully saturated rings. The van der Waals surface area contributed by atoms with Gasteiger partial charge >= 0.3 is 0 Å². The molecule has 1 N–H and O–H groups in total. The molecule has 0 saturated heterocycles. The van der Waals surface area contributed by atoms with Gasteiger partial charge in [-0.3, -0.25) is 4.99 Å². The molecule has 0 spiro atoms. The van der Waals surface area contributed by atoms with E-state index in [1.54, 1.807) is 0 Å². The fourth-order valence-corrected chi connectivity index (χ4v) is 5.65. The molecule has 0 aromatic rings. The quantitative estimate of drug-likeness (QED) is 0.754. The van der Waals surface area contributed by atoms with Gasteiger partial charge in [0, 0.05) is 13.0 Å². The molecule has 1 aliphatic heterocycles. The molecule has 2 atom stereocenters. The molecule has 0 radical (unpaired) electrons. The third-order valence-corrected chi connectivity index (χ3v) is 7.20. The molecule has 0 bridgehead atoms. The Hall–Kier alpha value is -0.100. The summed E-state index contributed by atoms with van der Waals surface area (Å²) in [5, 5.41) is 3.80. The highest BCUT2D eigenvalue weighted by atomic mass is 31.1. The van der Waals surface area contributed by atoms with Gasteiger partial charge in [-0.2, -0.15) is 0 Å². The zero-order valence-electron chi connectivity index (χ0n) is 12.4. The molecule has 2 unspecified atom stereocenters. The molecule has 0 amide bonds. The van der Waals surface area contributed by atoms with Gasteiger partial charge in [-0.25, -0.2) is 0 Å². The van der Waals surface area contributed by atoms with Crippen LogP contribution in [-0.4, -0.2) is 23.7 Å². The molecule has 18 heavy (non-hydrogen) atoms. The minimum Gasteiger partial charge on any atom is -0.352 e. The topological polar surface area (TPSA) is 24.4 Å². The van der Waals surface area contributed by atoms with Crippen molar-refractivity contribution in [2.45, 2.75) is 71.1 Å². The van der Waals surface area contributed by atoms with Crippen LogP contribution in [-0.2, 0) is 0 Å². The Balaban J connectivity index is 1.94. The van der Waals surface area contributed by atoms with Crippen LogP contribution in [0.15, 0.2) is 4.99 Å². The summed E-state index contributed by atoms with van der Waals surface area (Å²) >= 11 is 0. The Kier molecular flexibility index (Phi) is 5.06. The van der Waals surface area contributed by atoms with Crippen LogP contribution in [0.2, 0.25) is 0 Å². The number of hydrogen-bond acceptors (Lipinski definition) is 2. The maximum absolute atomic E-state index is 4.89. The number of amidine groups is 1. The third kappa shape index (κ3) is 3.47. The first-order chi connectivity index (χ1) is 8.58. The highest BCUT2D eigenvalue weighted by Gasteiger charge is 2.29. The van der Waals surface area contributed by atoms with E-state index in [-0.39, 0.29) is 8.07 Å². The Morgan fingerprint density at radius 1 is 1.06 bits per heavy atom. The highest BCUT2D eigenvalue weighted by molar-refractivity contribution is 7.57. The van der Waals surface area contributed by atoms with Gasteiger partial charge in [-0.15, -0.1) is 0 Å². The predicted octanol–water partition coefficient (Wildman–Crippen LogP) is 4.40. The van der Waals surface area contributed by atoms with E-state index in [0.717, 1.165) is 29.7 Å². The zero-order chi connectivity index (χ0) is 13.1. The van der Waals surface area contributed by atoms with E-state index in [4.69, 9.17) is 4.99 Å². The standard InChI is InChI=1S/C15H29N2P/c1-11(2)18(12(3)4)17-15-9-8-13-6-5-7-14(13)10-16-15/h11-14H,5-10H2,1-4H3,(H,16,17). The van der Waals surface area contributed by atoms with Crippen LogP contribution < -0.4 is 5.09 Å². The number of hydrogen-bond donors (Lipinski definition) is 1. The number of aliphatic imine (C=N–C) groups is 1. The Bertz CT molecular complexity index is 291. The van der Waals surface area contributed by atoms with Gasteiger partial charge in [0.1, 0.15) is 0 Å². The molecule has 0 aromatic heterocycles. The van der Waals surface area contributed by atoms with Crippen LogP contribution in [0.3, 0.4) is 0 Å². The van der Waals surface area contributed by atoms with Crippen molar-refractivity contribution < 1.29 is 0 Å². The first-order valence-electron chi connectivity index (χ1n) is 7.66. The molecule has 1 aliphatic carbocycles. The van der Waals surface area contributed by atoms with Gasteiger partial charge in [0.2, 0.25) is 0 Å². The maximum Gasteiger partial charge on any atom is 0.0995 e. The Morgan fingerprint density at radius 3 is 2.39 bits per heavy atom. The second-order valence-electron chi connectivity index (χ2n) is 6.48. The Labute approximate surface area is 114 Å². The van der Waals surface area contributed by atoms with E-state index >= 15 is 0 Å². The summed E-state index contributed by atoms with van der Waals surface area (Å²) in [5.41, 5.74) is 1.48. The number of rotatable bonds is 3. The predicted molar refractivity (Wildman–Crippen MR) is 82.7 cm³/mol. The summed E-state index contributed by atoms with van der Waals surface area (Å²) in [6, 6.07) is 0.